The molecule has 6 heteroatoms. The number of hydrogen-bond acceptors (Lipinski definition) is 1. The average molecular weight is 631 g/mol. The summed E-state index contributed by atoms with van der Waals surface area (Å²) in [5.74, 6) is 0. The molecule has 0 N–H and O–H groups in total. The Kier molecular flexibility index (Phi) is 8.93. The van der Waals surface area contributed by atoms with Crippen LogP contribution in [0.1, 0.15) is 37.5 Å². The van der Waals surface area contributed by atoms with Crippen molar-refractivity contribution < 1.29 is 4.43 Å². The molecule has 0 saturated heterocycles. The normalized spacial score (nSPS) is 17.6. The minimum atomic E-state index is -2.05. The smallest absolute Gasteiger partial charge is 0.242 e. The molecule has 3 aromatic rings. The second-order valence-electron chi connectivity index (χ2n) is 15.5. The van der Waals surface area contributed by atoms with Crippen LogP contribution in [0, 0.1) is 5.41 Å². The lowest BCUT2D eigenvalue weighted by molar-refractivity contribution is 0.461. The van der Waals surface area contributed by atoms with Gasteiger partial charge in [0.1, 0.15) is 12.3 Å². The Morgan fingerprint density at radius 1 is 0.610 bits per heavy atom. The summed E-state index contributed by atoms with van der Waals surface area (Å²) in [4.78, 5) is 0. The van der Waals surface area contributed by atoms with Gasteiger partial charge >= 0.3 is 0 Å². The molecule has 0 bridgehead atoms. The fourth-order valence-corrected chi connectivity index (χ4v) is 77.1. The van der Waals surface area contributed by atoms with Crippen molar-refractivity contribution in [3.05, 3.63) is 119 Å². The van der Waals surface area contributed by atoms with E-state index in [-0.39, 0.29) is 5.41 Å². The monoisotopic (exact) mass is 630 g/mol. The Bertz CT molecular complexity index is 1360. The third kappa shape index (κ3) is 6.03. The molecule has 0 saturated carbocycles. The lowest BCUT2D eigenvalue weighted by Gasteiger charge is -2.66. The van der Waals surface area contributed by atoms with E-state index in [9.17, 15) is 0 Å². The van der Waals surface area contributed by atoms with E-state index in [1.165, 1.54) is 27.8 Å². The molecule has 0 aliphatic carbocycles. The van der Waals surface area contributed by atoms with Crippen LogP contribution in [0.2, 0.25) is 58.9 Å². The minimum absolute atomic E-state index is 0.0548. The largest absolute Gasteiger partial charge is 0.544 e. The van der Waals surface area contributed by atoms with E-state index in [4.69, 9.17) is 4.43 Å². The Labute approximate surface area is 255 Å². The fraction of sp³-hybridized carbons (Fsp3) is 0.371. The summed E-state index contributed by atoms with van der Waals surface area (Å²) >= 11 is 0. The first-order valence-corrected chi connectivity index (χ1v) is 31.7. The summed E-state index contributed by atoms with van der Waals surface area (Å²) in [6, 6.07) is 33.7. The van der Waals surface area contributed by atoms with Crippen LogP contribution in [-0.2, 0) is 4.43 Å². The van der Waals surface area contributed by atoms with Crippen LogP contribution in [-0.4, -0.2) is 30.3 Å². The van der Waals surface area contributed by atoms with Crippen molar-refractivity contribution >= 4 is 48.5 Å². The average Bonchev–Trinajstić information content (AvgIpc) is 2.82. The maximum Gasteiger partial charge on any atom is 0.242 e. The van der Waals surface area contributed by atoms with Gasteiger partial charge in [0.15, 0.2) is 0 Å². The summed E-state index contributed by atoms with van der Waals surface area (Å²) in [5.41, 5.74) is 6.79. The topological polar surface area (TPSA) is 9.23 Å². The predicted octanol–water partition coefficient (Wildman–Crippen LogP) is 11.5. The van der Waals surface area contributed by atoms with E-state index < -0.39 is 37.7 Å². The molecule has 4 rings (SSSR count). The van der Waals surface area contributed by atoms with Crippen LogP contribution in [0.5, 0.6) is 0 Å². The third-order valence-electron chi connectivity index (χ3n) is 8.05. The van der Waals surface area contributed by atoms with Gasteiger partial charge < -0.3 is 4.43 Å². The fourth-order valence-electron chi connectivity index (χ4n) is 7.09. The molecule has 0 amide bonds. The Morgan fingerprint density at radius 2 is 1.00 bits per heavy atom. The Balaban J connectivity index is 2.28. The standard InChI is InChI=1S/C35H51OPSi4/c1-35(2,3)33-32(30-26-20-15-21-27-30)41(39(7,8)9,40(10,11)12)37(33)34(36-38(4,5)6)31(28-22-16-13-17-23-28)29-24-18-14-19-25-29/h13-27H,1-12H3. The third-order valence-corrected chi connectivity index (χ3v) is 65.7. The van der Waals surface area contributed by atoms with Gasteiger partial charge in [-0.2, -0.15) is 0 Å². The van der Waals surface area contributed by atoms with Crippen molar-refractivity contribution in [3.8, 4) is 0 Å². The molecule has 1 nitrogen and oxygen atoms in total. The molecular formula is C35H51OPSi4. The quantitative estimate of drug-likeness (QED) is 0.137. The molecule has 41 heavy (non-hydrogen) atoms. The molecule has 218 valence electrons. The molecule has 1 unspecified atom stereocenters. The minimum Gasteiger partial charge on any atom is -0.544 e. The predicted molar refractivity (Wildman–Crippen MR) is 196 cm³/mol. The molecule has 1 aliphatic heterocycles. The second kappa shape index (κ2) is 11.4. The molecule has 0 spiro atoms. The zero-order chi connectivity index (χ0) is 30.4. The van der Waals surface area contributed by atoms with Gasteiger partial charge in [0.05, 0.1) is 0 Å². The van der Waals surface area contributed by atoms with E-state index in [1.807, 2.05) is 0 Å². The Morgan fingerprint density at radius 3 is 1.34 bits per heavy atom. The zero-order valence-electron chi connectivity index (χ0n) is 27.5. The maximum absolute atomic E-state index is 7.56. The summed E-state index contributed by atoms with van der Waals surface area (Å²) in [6.45, 7) is 28.7. The number of benzene rings is 3. The van der Waals surface area contributed by atoms with Gasteiger partial charge in [-0.3, -0.25) is 0 Å². The van der Waals surface area contributed by atoms with Crippen LogP contribution in [0.4, 0.5) is 0 Å². The number of rotatable bonds is 8. The van der Waals surface area contributed by atoms with E-state index in [0.29, 0.717) is 0 Å². The van der Waals surface area contributed by atoms with Crippen LogP contribution < -0.4 is 0 Å². The van der Waals surface area contributed by atoms with Gasteiger partial charge in [0, 0.05) is 20.8 Å². The van der Waals surface area contributed by atoms with Crippen LogP contribution in [0.3, 0.4) is 0 Å². The highest BCUT2D eigenvalue weighted by Crippen LogP contribution is 2.81. The van der Waals surface area contributed by atoms with Gasteiger partial charge in [0.25, 0.3) is 0 Å². The van der Waals surface area contributed by atoms with Crippen molar-refractivity contribution in [1.29, 1.82) is 0 Å². The molecule has 1 atom stereocenters. The highest BCUT2D eigenvalue weighted by atomic mass is 31.5. The van der Waals surface area contributed by atoms with Gasteiger partial charge in [-0.15, -0.1) is 0 Å². The van der Waals surface area contributed by atoms with Gasteiger partial charge in [0.2, 0.25) is 8.32 Å². The van der Waals surface area contributed by atoms with Gasteiger partial charge in [-0.05, 0) is 59.7 Å². The van der Waals surface area contributed by atoms with Crippen molar-refractivity contribution in [2.24, 2.45) is 5.41 Å². The molecule has 3 aromatic carbocycles. The van der Waals surface area contributed by atoms with Crippen molar-refractivity contribution in [3.63, 3.8) is 0 Å². The van der Waals surface area contributed by atoms with E-state index in [0.717, 1.165) is 0 Å². The maximum atomic E-state index is 7.56. The van der Waals surface area contributed by atoms with E-state index in [2.05, 4.69) is 171 Å². The highest BCUT2D eigenvalue weighted by molar-refractivity contribution is 8.27. The molecular weight excluding hydrogens is 580 g/mol. The van der Waals surface area contributed by atoms with Crippen LogP contribution in [0.25, 0.3) is 10.8 Å². The lowest BCUT2D eigenvalue weighted by atomic mass is 9.94. The summed E-state index contributed by atoms with van der Waals surface area (Å²) in [6.07, 6.45) is 0. The van der Waals surface area contributed by atoms with Crippen molar-refractivity contribution in [1.82, 2.24) is 0 Å². The summed E-state index contributed by atoms with van der Waals surface area (Å²) < 4.78 is 7.56. The lowest BCUT2D eigenvalue weighted by Crippen LogP contribution is -2.75. The van der Waals surface area contributed by atoms with E-state index in [1.54, 1.807) is 10.5 Å². The first-order chi connectivity index (χ1) is 18.9. The molecule has 0 radical (unpaired) electrons. The SMILES string of the molecule is CC(C)(C)C1=C(c2ccccc2)[Si]([Si](C)(C)C)([Si](C)(C)C)P1C(O[Si](C)(C)C)=C(c1ccccc1)c1ccccc1. The second-order valence-corrected chi connectivity index (χ2v) is 53.3. The molecule has 1 aliphatic rings. The van der Waals surface area contributed by atoms with Gasteiger partial charge in [-0.25, -0.2) is 0 Å². The Hall–Kier alpha value is -1.76. The first-order valence-electron chi connectivity index (χ1n) is 15.1. The summed E-state index contributed by atoms with van der Waals surface area (Å²) in [7, 11) is -6.00. The first kappa shape index (κ1) is 32.2. The van der Waals surface area contributed by atoms with Crippen LogP contribution >= 0.6 is 7.47 Å². The number of hydrogen-bond donors (Lipinski definition) is 0. The van der Waals surface area contributed by atoms with E-state index >= 15 is 0 Å². The van der Waals surface area contributed by atoms with Gasteiger partial charge in [-0.1, -0.05) is 151 Å². The molecule has 0 fully saturated rings. The molecule has 1 heterocycles. The highest BCUT2D eigenvalue weighted by Gasteiger charge is 2.71. The molecule has 0 aromatic heterocycles. The zero-order valence-corrected chi connectivity index (χ0v) is 32.4. The summed E-state index contributed by atoms with van der Waals surface area (Å²) in [5, 5.41) is 3.50. The van der Waals surface area contributed by atoms with Crippen molar-refractivity contribution in [2.45, 2.75) is 79.7 Å². The van der Waals surface area contributed by atoms with Crippen molar-refractivity contribution in [2.75, 3.05) is 0 Å². The van der Waals surface area contributed by atoms with Crippen LogP contribution in [0.15, 0.2) is 102 Å². The number of allylic oxidation sites excluding steroid dienone is 1.